The van der Waals surface area contributed by atoms with Crippen LogP contribution in [0.5, 0.6) is 0 Å². The van der Waals surface area contributed by atoms with Gasteiger partial charge in [0.2, 0.25) is 0 Å². The Morgan fingerprint density at radius 1 is 0.484 bits per heavy atom. The second-order valence-electron chi connectivity index (χ2n) is 17.8. The molecule has 1 unspecified atom stereocenters. The maximum Gasteiger partial charge on any atom is 0.0619 e. The van der Waals surface area contributed by atoms with E-state index in [2.05, 4.69) is 237 Å². The van der Waals surface area contributed by atoms with Gasteiger partial charge in [-0.15, -0.1) is 0 Å². The molecule has 0 aromatic heterocycles. The molecule has 9 aromatic carbocycles. The summed E-state index contributed by atoms with van der Waals surface area (Å²) >= 11 is 0. The average molecular weight is 795 g/mol. The van der Waals surface area contributed by atoms with E-state index in [1.165, 1.54) is 111 Å². The Morgan fingerprint density at radius 2 is 1.02 bits per heavy atom. The molecule has 12 rings (SSSR count). The topological polar surface area (TPSA) is 6.48 Å². The van der Waals surface area contributed by atoms with Crippen LogP contribution >= 0.6 is 0 Å². The fourth-order valence-electron chi connectivity index (χ4n) is 10.8. The number of anilines is 6. The summed E-state index contributed by atoms with van der Waals surface area (Å²) < 4.78 is 0. The Morgan fingerprint density at radius 3 is 1.69 bits per heavy atom. The van der Waals surface area contributed by atoms with Crippen molar-refractivity contribution in [2.75, 3.05) is 9.80 Å². The molecule has 0 saturated carbocycles. The van der Waals surface area contributed by atoms with E-state index in [1.807, 2.05) is 0 Å². The molecule has 0 saturated heterocycles. The number of benzene rings is 9. The highest BCUT2D eigenvalue weighted by Crippen LogP contribution is 2.53. The molecule has 0 amide bonds. The summed E-state index contributed by atoms with van der Waals surface area (Å²) in [5.74, 6) is 0.430. The molecule has 0 radical (unpaired) electrons. The van der Waals surface area contributed by atoms with Gasteiger partial charge in [0.25, 0.3) is 0 Å². The minimum Gasteiger partial charge on any atom is -0.310 e. The van der Waals surface area contributed by atoms with Gasteiger partial charge in [-0.05, 0) is 115 Å². The van der Waals surface area contributed by atoms with E-state index < -0.39 is 0 Å². The molecule has 0 N–H and O–H groups in total. The Balaban J connectivity index is 0.960. The molecule has 1 atom stereocenters. The van der Waals surface area contributed by atoms with E-state index >= 15 is 0 Å². The van der Waals surface area contributed by atoms with Crippen LogP contribution in [0.4, 0.5) is 34.1 Å². The first-order valence-electron chi connectivity index (χ1n) is 22.0. The SMILES string of the molecule is CC1Cc2ccccc2N(c2ccc3c(c2)C(C)(C)c2cc(/C=C/c4c5ccccc5c(N5c6ccccc6C=Cc6ccccc65)c5ccccc45)ccc2-3)c2ccccc21. The minimum absolute atomic E-state index is 0.182. The third-order valence-corrected chi connectivity index (χ3v) is 13.8. The van der Waals surface area contributed by atoms with Crippen molar-refractivity contribution in [3.05, 3.63) is 226 Å². The van der Waals surface area contributed by atoms with Crippen LogP contribution in [-0.4, -0.2) is 0 Å². The molecule has 2 aliphatic heterocycles. The van der Waals surface area contributed by atoms with Crippen molar-refractivity contribution in [1.29, 1.82) is 0 Å². The fourth-order valence-corrected chi connectivity index (χ4v) is 10.8. The number of fused-ring (bicyclic) bond motifs is 9. The van der Waals surface area contributed by atoms with Crippen molar-refractivity contribution < 1.29 is 0 Å². The van der Waals surface area contributed by atoms with Gasteiger partial charge >= 0.3 is 0 Å². The van der Waals surface area contributed by atoms with Gasteiger partial charge in [0.15, 0.2) is 0 Å². The number of hydrogen-bond donors (Lipinski definition) is 0. The molecule has 296 valence electrons. The van der Waals surface area contributed by atoms with Gasteiger partial charge in [-0.1, -0.05) is 191 Å². The van der Waals surface area contributed by atoms with Crippen LogP contribution in [0.15, 0.2) is 182 Å². The van der Waals surface area contributed by atoms with Gasteiger partial charge in [-0.25, -0.2) is 0 Å². The highest BCUT2D eigenvalue weighted by atomic mass is 15.2. The molecule has 3 aliphatic rings. The lowest BCUT2D eigenvalue weighted by Gasteiger charge is -2.30. The summed E-state index contributed by atoms with van der Waals surface area (Å²) in [5.41, 5.74) is 20.2. The van der Waals surface area contributed by atoms with Crippen molar-refractivity contribution in [3.8, 4) is 11.1 Å². The van der Waals surface area contributed by atoms with E-state index in [0.29, 0.717) is 5.92 Å². The molecule has 9 aromatic rings. The van der Waals surface area contributed by atoms with Crippen LogP contribution in [-0.2, 0) is 11.8 Å². The third kappa shape index (κ3) is 5.56. The zero-order valence-electron chi connectivity index (χ0n) is 35.3. The second kappa shape index (κ2) is 14.1. The predicted molar refractivity (Wildman–Crippen MR) is 265 cm³/mol. The Kier molecular flexibility index (Phi) is 8.27. The monoisotopic (exact) mass is 794 g/mol. The predicted octanol–water partition coefficient (Wildman–Crippen LogP) is 16.6. The van der Waals surface area contributed by atoms with Crippen LogP contribution in [0.2, 0.25) is 0 Å². The van der Waals surface area contributed by atoms with Crippen molar-refractivity contribution in [2.45, 2.75) is 38.5 Å². The van der Waals surface area contributed by atoms with Gasteiger partial charge in [0.1, 0.15) is 0 Å². The lowest BCUT2D eigenvalue weighted by Crippen LogP contribution is -2.17. The van der Waals surface area contributed by atoms with Crippen LogP contribution in [0.3, 0.4) is 0 Å². The molecule has 0 spiro atoms. The Labute approximate surface area is 364 Å². The van der Waals surface area contributed by atoms with E-state index in [0.717, 1.165) is 6.42 Å². The maximum atomic E-state index is 2.50. The smallest absolute Gasteiger partial charge is 0.0619 e. The standard InChI is InChI=1S/C60H46N2/c1-39-36-43-18-6-14-26-57(43)61(58-27-15-11-19-45(39)58)44-32-35-50-49-34-29-40(37-53(49)60(2,3)54(50)38-44)28-33-48-46-20-7-9-22-51(46)59(52-23-10-8-21-47(48)52)62-55-24-12-4-16-41(55)30-31-42-17-5-13-25-56(42)62/h4-35,37-39H,36H2,1-3H3/b33-28+. The lowest BCUT2D eigenvalue weighted by molar-refractivity contribution is 0.660. The van der Waals surface area contributed by atoms with Gasteiger partial charge in [0.05, 0.1) is 17.1 Å². The zero-order chi connectivity index (χ0) is 41.5. The summed E-state index contributed by atoms with van der Waals surface area (Å²) in [6.45, 7) is 7.16. The molecule has 62 heavy (non-hydrogen) atoms. The second-order valence-corrected chi connectivity index (χ2v) is 17.8. The third-order valence-electron chi connectivity index (χ3n) is 13.8. The van der Waals surface area contributed by atoms with Gasteiger partial charge < -0.3 is 9.80 Å². The number of nitrogens with zero attached hydrogens (tertiary/aromatic N) is 2. The average Bonchev–Trinajstić information content (AvgIpc) is 3.40. The summed E-state index contributed by atoms with van der Waals surface area (Å²) in [7, 11) is 0. The fraction of sp³-hybridized carbons (Fsp3) is 0.100. The first-order valence-corrected chi connectivity index (χ1v) is 22.0. The Hall–Kier alpha value is -7.42. The minimum atomic E-state index is -0.182. The highest BCUT2D eigenvalue weighted by Gasteiger charge is 2.37. The van der Waals surface area contributed by atoms with Crippen LogP contribution in [0.1, 0.15) is 71.2 Å². The van der Waals surface area contributed by atoms with E-state index in [9.17, 15) is 0 Å². The summed E-state index contributed by atoms with van der Waals surface area (Å²) in [4.78, 5) is 4.99. The number of rotatable bonds is 4. The van der Waals surface area contributed by atoms with Crippen molar-refractivity contribution in [2.24, 2.45) is 0 Å². The Bertz CT molecular complexity index is 3240. The summed E-state index contributed by atoms with van der Waals surface area (Å²) in [5, 5.41) is 4.92. The van der Waals surface area contributed by atoms with Gasteiger partial charge in [-0.2, -0.15) is 0 Å². The van der Waals surface area contributed by atoms with Crippen molar-refractivity contribution >= 4 is 80.0 Å². The van der Waals surface area contributed by atoms with Crippen molar-refractivity contribution in [3.63, 3.8) is 0 Å². The highest BCUT2D eigenvalue weighted by molar-refractivity contribution is 6.20. The lowest BCUT2D eigenvalue weighted by atomic mass is 9.81. The van der Waals surface area contributed by atoms with Crippen molar-refractivity contribution in [1.82, 2.24) is 0 Å². The molecule has 2 heterocycles. The molecule has 1 aliphatic carbocycles. The molecule has 2 heteroatoms. The summed E-state index contributed by atoms with van der Waals surface area (Å²) in [6, 6.07) is 67.6. The quantitative estimate of drug-likeness (QED) is 0.129. The maximum absolute atomic E-state index is 2.50. The van der Waals surface area contributed by atoms with E-state index in [-0.39, 0.29) is 5.41 Å². The molecule has 0 fully saturated rings. The first-order chi connectivity index (χ1) is 30.4. The van der Waals surface area contributed by atoms with Gasteiger partial charge in [-0.3, -0.25) is 0 Å². The summed E-state index contributed by atoms with van der Waals surface area (Å²) in [6.07, 6.45) is 10.2. The van der Waals surface area contributed by atoms with Crippen LogP contribution < -0.4 is 9.80 Å². The molecular formula is C60H46N2. The van der Waals surface area contributed by atoms with E-state index in [1.54, 1.807) is 0 Å². The van der Waals surface area contributed by atoms with Gasteiger partial charge in [0, 0.05) is 33.2 Å². The largest absolute Gasteiger partial charge is 0.310 e. The first kappa shape index (κ1) is 36.4. The number of para-hydroxylation sites is 4. The normalized spacial score (nSPS) is 15.7. The van der Waals surface area contributed by atoms with Crippen LogP contribution in [0, 0.1) is 0 Å². The number of hydrogen-bond acceptors (Lipinski definition) is 2. The molecule has 0 bridgehead atoms. The zero-order valence-corrected chi connectivity index (χ0v) is 35.3. The molecular weight excluding hydrogens is 749 g/mol. The van der Waals surface area contributed by atoms with Crippen LogP contribution in [0.25, 0.3) is 57.0 Å². The van der Waals surface area contributed by atoms with E-state index in [4.69, 9.17) is 0 Å². The molecule has 2 nitrogen and oxygen atoms in total.